The lowest BCUT2D eigenvalue weighted by Crippen LogP contribution is -2.27. The molecule has 4 heteroatoms. The third kappa shape index (κ3) is 2.63. The van der Waals surface area contributed by atoms with Crippen LogP contribution in [0.4, 0.5) is 0 Å². The Morgan fingerprint density at radius 3 is 2.82 bits per heavy atom. The molecular formula is C13H21N3O. The van der Waals surface area contributed by atoms with Crippen molar-refractivity contribution in [1.82, 2.24) is 15.1 Å². The van der Waals surface area contributed by atoms with Crippen molar-refractivity contribution in [2.24, 2.45) is 0 Å². The summed E-state index contributed by atoms with van der Waals surface area (Å²) < 4.78 is 7.95. The number of hydrogen-bond acceptors (Lipinski definition) is 3. The first-order valence-electron chi connectivity index (χ1n) is 6.86. The largest absolute Gasteiger partial charge is 0.472 e. The summed E-state index contributed by atoms with van der Waals surface area (Å²) in [6.45, 7) is 1.07. The Bertz CT molecular complexity index is 351. The molecule has 0 amide bonds. The quantitative estimate of drug-likeness (QED) is 0.874. The van der Waals surface area contributed by atoms with Crippen LogP contribution in [0.3, 0.4) is 0 Å². The highest BCUT2D eigenvalue weighted by atomic mass is 16.5. The Kier molecular flexibility index (Phi) is 3.31. The minimum absolute atomic E-state index is 0.194. The van der Waals surface area contributed by atoms with Crippen LogP contribution < -0.4 is 10.1 Å². The molecule has 1 unspecified atom stereocenters. The van der Waals surface area contributed by atoms with Gasteiger partial charge in [0.15, 0.2) is 5.75 Å². The van der Waals surface area contributed by atoms with Crippen LogP contribution in [0, 0.1) is 0 Å². The van der Waals surface area contributed by atoms with Gasteiger partial charge in [0.1, 0.15) is 6.23 Å². The van der Waals surface area contributed by atoms with Crippen LogP contribution >= 0.6 is 0 Å². The molecule has 2 fully saturated rings. The van der Waals surface area contributed by atoms with Crippen molar-refractivity contribution in [3.05, 3.63) is 12.4 Å². The van der Waals surface area contributed by atoms with Gasteiger partial charge in [0, 0.05) is 0 Å². The molecule has 0 aromatic carbocycles. The van der Waals surface area contributed by atoms with Crippen LogP contribution in [-0.2, 0) is 0 Å². The Hall–Kier alpha value is -1.03. The second-order valence-electron chi connectivity index (χ2n) is 5.15. The van der Waals surface area contributed by atoms with Gasteiger partial charge in [-0.1, -0.05) is 19.3 Å². The molecule has 4 nitrogen and oxygen atoms in total. The van der Waals surface area contributed by atoms with Crippen molar-refractivity contribution in [2.75, 3.05) is 6.54 Å². The summed E-state index contributed by atoms with van der Waals surface area (Å²) in [6, 6.07) is 0.595. The third-order valence-corrected chi connectivity index (χ3v) is 3.82. The maximum absolute atomic E-state index is 5.85. The highest BCUT2D eigenvalue weighted by molar-refractivity contribution is 5.13. The third-order valence-electron chi connectivity index (χ3n) is 3.82. The minimum Gasteiger partial charge on any atom is -0.472 e. The first-order chi connectivity index (χ1) is 8.42. The molecule has 94 valence electrons. The lowest BCUT2D eigenvalue weighted by Gasteiger charge is -2.21. The minimum atomic E-state index is 0.194. The average Bonchev–Trinajstić information content (AvgIpc) is 3.02. The number of nitrogens with zero attached hydrogens (tertiary/aromatic N) is 2. The number of hydrogen-bond donors (Lipinski definition) is 1. The SMILES string of the molecule is c1nn(C2CCCCC2)cc1OC1CCCN1. The molecule has 0 bridgehead atoms. The fourth-order valence-electron chi connectivity index (χ4n) is 2.84. The molecule has 1 aliphatic carbocycles. The molecule has 1 aliphatic heterocycles. The Labute approximate surface area is 102 Å². The molecule has 0 radical (unpaired) electrons. The summed E-state index contributed by atoms with van der Waals surface area (Å²) in [7, 11) is 0. The molecule has 1 N–H and O–H groups in total. The van der Waals surface area contributed by atoms with E-state index in [0.29, 0.717) is 6.04 Å². The fourth-order valence-corrected chi connectivity index (χ4v) is 2.84. The molecule has 17 heavy (non-hydrogen) atoms. The van der Waals surface area contributed by atoms with Crippen molar-refractivity contribution in [3.8, 4) is 5.75 Å². The van der Waals surface area contributed by atoms with Crippen LogP contribution in [0.2, 0.25) is 0 Å². The average molecular weight is 235 g/mol. The molecule has 1 aromatic rings. The Balaban J connectivity index is 1.60. The lowest BCUT2D eigenvalue weighted by molar-refractivity contribution is 0.187. The number of aromatic nitrogens is 2. The highest BCUT2D eigenvalue weighted by Gasteiger charge is 2.19. The zero-order valence-electron chi connectivity index (χ0n) is 10.3. The molecular weight excluding hydrogens is 214 g/mol. The predicted molar refractivity (Wildman–Crippen MR) is 66.0 cm³/mol. The molecule has 1 saturated heterocycles. The van der Waals surface area contributed by atoms with E-state index in [-0.39, 0.29) is 6.23 Å². The first-order valence-corrected chi connectivity index (χ1v) is 6.86. The van der Waals surface area contributed by atoms with Crippen LogP contribution in [0.5, 0.6) is 5.75 Å². The van der Waals surface area contributed by atoms with E-state index in [9.17, 15) is 0 Å². The smallest absolute Gasteiger partial charge is 0.159 e. The maximum atomic E-state index is 5.85. The number of ether oxygens (including phenoxy) is 1. The van der Waals surface area contributed by atoms with Gasteiger partial charge < -0.3 is 4.74 Å². The molecule has 2 aliphatic rings. The van der Waals surface area contributed by atoms with Crippen molar-refractivity contribution >= 4 is 0 Å². The number of rotatable bonds is 3. The second-order valence-corrected chi connectivity index (χ2v) is 5.15. The van der Waals surface area contributed by atoms with E-state index in [4.69, 9.17) is 4.74 Å². The van der Waals surface area contributed by atoms with Crippen LogP contribution in [0.15, 0.2) is 12.4 Å². The Morgan fingerprint density at radius 1 is 1.18 bits per heavy atom. The van der Waals surface area contributed by atoms with Crippen molar-refractivity contribution < 1.29 is 4.74 Å². The van der Waals surface area contributed by atoms with E-state index >= 15 is 0 Å². The van der Waals surface area contributed by atoms with E-state index < -0.39 is 0 Å². The maximum Gasteiger partial charge on any atom is 0.159 e. The first kappa shape index (κ1) is 11.1. The molecule has 0 spiro atoms. The van der Waals surface area contributed by atoms with Crippen molar-refractivity contribution in [3.63, 3.8) is 0 Å². The van der Waals surface area contributed by atoms with Gasteiger partial charge in [0.25, 0.3) is 0 Å². The van der Waals surface area contributed by atoms with Crippen LogP contribution in [0.25, 0.3) is 0 Å². The lowest BCUT2D eigenvalue weighted by atomic mass is 9.96. The van der Waals surface area contributed by atoms with Gasteiger partial charge in [-0.05, 0) is 32.2 Å². The van der Waals surface area contributed by atoms with Gasteiger partial charge in [-0.2, -0.15) is 5.10 Å². The zero-order valence-corrected chi connectivity index (χ0v) is 10.3. The molecule has 3 rings (SSSR count). The fraction of sp³-hybridized carbons (Fsp3) is 0.769. The van der Waals surface area contributed by atoms with Gasteiger partial charge in [-0.3, -0.25) is 10.00 Å². The summed E-state index contributed by atoms with van der Waals surface area (Å²) in [4.78, 5) is 0. The topological polar surface area (TPSA) is 39.1 Å². The number of nitrogens with one attached hydrogen (secondary N) is 1. The van der Waals surface area contributed by atoms with Crippen molar-refractivity contribution in [2.45, 2.75) is 57.2 Å². The summed E-state index contributed by atoms with van der Waals surface area (Å²) in [6.07, 6.45) is 13.0. The van der Waals surface area contributed by atoms with E-state index in [1.54, 1.807) is 0 Å². The second kappa shape index (κ2) is 5.08. The van der Waals surface area contributed by atoms with Gasteiger partial charge in [-0.15, -0.1) is 0 Å². The molecule has 1 saturated carbocycles. The van der Waals surface area contributed by atoms with Gasteiger partial charge in [0.2, 0.25) is 0 Å². The monoisotopic (exact) mass is 235 g/mol. The summed E-state index contributed by atoms with van der Waals surface area (Å²) >= 11 is 0. The Morgan fingerprint density at radius 2 is 2.06 bits per heavy atom. The summed E-state index contributed by atoms with van der Waals surface area (Å²) in [5.41, 5.74) is 0. The van der Waals surface area contributed by atoms with Crippen molar-refractivity contribution in [1.29, 1.82) is 0 Å². The standard InChI is InChI=1S/C13H21N3O/c1-2-5-11(6-3-1)16-10-12(9-15-16)17-13-7-4-8-14-13/h9-11,13-14H,1-8H2. The van der Waals surface area contributed by atoms with E-state index in [1.165, 1.54) is 38.5 Å². The van der Waals surface area contributed by atoms with Gasteiger partial charge in [-0.25, -0.2) is 0 Å². The normalized spacial score (nSPS) is 26.2. The highest BCUT2D eigenvalue weighted by Crippen LogP contribution is 2.28. The van der Waals surface area contributed by atoms with Gasteiger partial charge >= 0.3 is 0 Å². The van der Waals surface area contributed by atoms with E-state index in [2.05, 4.69) is 21.3 Å². The van der Waals surface area contributed by atoms with E-state index in [1.807, 2.05) is 6.20 Å². The predicted octanol–water partition coefficient (Wildman–Crippen LogP) is 2.48. The van der Waals surface area contributed by atoms with Crippen LogP contribution in [-0.4, -0.2) is 22.6 Å². The van der Waals surface area contributed by atoms with Crippen LogP contribution in [0.1, 0.15) is 51.0 Å². The molecule has 1 aromatic heterocycles. The van der Waals surface area contributed by atoms with E-state index in [0.717, 1.165) is 18.7 Å². The van der Waals surface area contributed by atoms with Gasteiger partial charge in [0.05, 0.1) is 18.4 Å². The molecule has 2 heterocycles. The molecule has 1 atom stereocenters. The zero-order chi connectivity index (χ0) is 11.5. The summed E-state index contributed by atoms with van der Waals surface area (Å²) in [5.74, 6) is 0.912. The summed E-state index contributed by atoms with van der Waals surface area (Å²) in [5, 5.41) is 7.78.